The highest BCUT2D eigenvalue weighted by molar-refractivity contribution is 6.74. The van der Waals surface area contributed by atoms with Crippen molar-refractivity contribution >= 4 is 28.8 Å². The lowest BCUT2D eigenvalue weighted by molar-refractivity contribution is 0.110. The molecule has 1 aliphatic carbocycles. The van der Waals surface area contributed by atoms with Crippen LogP contribution in [0.25, 0.3) is 0 Å². The molecule has 0 aromatic carbocycles. The molecule has 2 amide bonds. The lowest BCUT2D eigenvalue weighted by Gasteiger charge is -2.36. The Labute approximate surface area is 209 Å². The number of hydrogen-bond donors (Lipinski definition) is 2. The fraction of sp³-hybridized carbons (Fsp3) is 0.917. The van der Waals surface area contributed by atoms with Gasteiger partial charge in [-0.25, -0.2) is 9.59 Å². The average Bonchev–Trinajstić information content (AvgIpc) is 2.68. The van der Waals surface area contributed by atoms with Gasteiger partial charge in [-0.3, -0.25) is 0 Å². The maximum Gasteiger partial charge on any atom is 0.407 e. The van der Waals surface area contributed by atoms with Crippen LogP contribution in [-0.4, -0.2) is 67.3 Å². The molecular weight excluding hydrogens is 468 g/mol. The minimum atomic E-state index is -1.83. The van der Waals surface area contributed by atoms with Crippen LogP contribution >= 0.6 is 0 Å². The lowest BCUT2D eigenvalue weighted by atomic mass is 9.91. The van der Waals surface area contributed by atoms with Gasteiger partial charge < -0.3 is 29.0 Å². The molecule has 0 heterocycles. The molecule has 1 rings (SSSR count). The van der Waals surface area contributed by atoms with E-state index in [1.807, 2.05) is 0 Å². The topological polar surface area (TPSA) is 95.1 Å². The Balaban J connectivity index is 2.19. The molecule has 0 aromatic rings. The molecule has 0 saturated heterocycles. The third-order valence-electron chi connectivity index (χ3n) is 7.54. The first-order valence-corrected chi connectivity index (χ1v) is 18.4. The number of carbonyl (C=O) groups is 2. The van der Waals surface area contributed by atoms with E-state index in [2.05, 4.69) is 78.4 Å². The van der Waals surface area contributed by atoms with Crippen molar-refractivity contribution in [2.24, 2.45) is 0 Å². The average molecular weight is 519 g/mol. The molecule has 34 heavy (non-hydrogen) atoms. The lowest BCUT2D eigenvalue weighted by Crippen LogP contribution is -2.45. The number of alkyl carbamates (subject to hydrolysis) is 2. The summed E-state index contributed by atoms with van der Waals surface area (Å²) in [5.74, 6) is 0. The van der Waals surface area contributed by atoms with Crippen molar-refractivity contribution in [2.45, 2.75) is 116 Å². The van der Waals surface area contributed by atoms with E-state index in [0.29, 0.717) is 13.2 Å². The van der Waals surface area contributed by atoms with Gasteiger partial charge in [-0.1, -0.05) is 41.5 Å². The van der Waals surface area contributed by atoms with Crippen molar-refractivity contribution in [3.05, 3.63) is 0 Å². The van der Waals surface area contributed by atoms with Crippen LogP contribution < -0.4 is 10.6 Å². The summed E-state index contributed by atoms with van der Waals surface area (Å²) in [5, 5.41) is 6.12. The van der Waals surface area contributed by atoms with Crippen molar-refractivity contribution in [1.29, 1.82) is 0 Å². The summed E-state index contributed by atoms with van der Waals surface area (Å²) < 4.78 is 22.6. The van der Waals surface area contributed by atoms with Crippen LogP contribution in [0.5, 0.6) is 0 Å². The second kappa shape index (κ2) is 12.7. The molecule has 1 fully saturated rings. The predicted octanol–water partition coefficient (Wildman–Crippen LogP) is 5.79. The van der Waals surface area contributed by atoms with Gasteiger partial charge in [0.1, 0.15) is 13.2 Å². The largest absolute Gasteiger partial charge is 0.447 e. The zero-order valence-corrected chi connectivity index (χ0v) is 25.3. The summed E-state index contributed by atoms with van der Waals surface area (Å²) in [6.45, 7) is 23.2. The minimum Gasteiger partial charge on any atom is -0.447 e. The van der Waals surface area contributed by atoms with E-state index >= 15 is 0 Å². The van der Waals surface area contributed by atoms with Gasteiger partial charge >= 0.3 is 12.2 Å². The van der Waals surface area contributed by atoms with Crippen LogP contribution in [0.3, 0.4) is 0 Å². The SMILES string of the molecule is CC(C)(C)[Si](C)(C)OCCOC(=O)NC1CCC(NC(=O)OCCO[Si](C)(C)C(C)(C)C)CC1. The van der Waals surface area contributed by atoms with Gasteiger partial charge in [0, 0.05) is 12.1 Å². The maximum absolute atomic E-state index is 12.1. The summed E-state index contributed by atoms with van der Waals surface area (Å²) in [6.07, 6.45) is 2.33. The van der Waals surface area contributed by atoms with Crippen molar-refractivity contribution in [1.82, 2.24) is 10.6 Å². The van der Waals surface area contributed by atoms with E-state index in [-0.39, 0.29) is 35.4 Å². The molecule has 0 unspecified atom stereocenters. The van der Waals surface area contributed by atoms with E-state index < -0.39 is 28.8 Å². The molecule has 1 aliphatic rings. The third kappa shape index (κ3) is 10.7. The minimum absolute atomic E-state index is 0.0564. The van der Waals surface area contributed by atoms with Gasteiger partial charge in [0.15, 0.2) is 16.6 Å². The Morgan fingerprint density at radius 1 is 0.647 bits per heavy atom. The fourth-order valence-electron chi connectivity index (χ4n) is 3.09. The van der Waals surface area contributed by atoms with Gasteiger partial charge in [0.2, 0.25) is 0 Å². The highest BCUT2D eigenvalue weighted by Crippen LogP contribution is 2.37. The Morgan fingerprint density at radius 3 is 1.21 bits per heavy atom. The maximum atomic E-state index is 12.1. The predicted molar refractivity (Wildman–Crippen MR) is 141 cm³/mol. The summed E-state index contributed by atoms with van der Waals surface area (Å²) in [6, 6.07) is 0.113. The molecule has 2 N–H and O–H groups in total. The Bertz CT molecular complexity index is 595. The molecule has 0 radical (unpaired) electrons. The highest BCUT2D eigenvalue weighted by atomic mass is 28.4. The number of amides is 2. The van der Waals surface area contributed by atoms with Gasteiger partial charge in [0.25, 0.3) is 0 Å². The van der Waals surface area contributed by atoms with Crippen LogP contribution in [0.2, 0.25) is 36.3 Å². The summed E-state index contributed by atoms with van der Waals surface area (Å²) in [5.41, 5.74) is 0. The van der Waals surface area contributed by atoms with E-state index in [4.69, 9.17) is 18.3 Å². The number of ether oxygens (including phenoxy) is 2. The smallest absolute Gasteiger partial charge is 0.407 e. The Morgan fingerprint density at radius 2 is 0.941 bits per heavy atom. The van der Waals surface area contributed by atoms with Crippen molar-refractivity contribution < 1.29 is 27.9 Å². The zero-order chi connectivity index (χ0) is 26.2. The fourth-order valence-corrected chi connectivity index (χ4v) is 5.15. The molecule has 8 nitrogen and oxygen atoms in total. The van der Waals surface area contributed by atoms with E-state index in [1.165, 1.54) is 0 Å². The zero-order valence-electron chi connectivity index (χ0n) is 23.3. The van der Waals surface area contributed by atoms with Crippen molar-refractivity contribution in [3.63, 3.8) is 0 Å². The van der Waals surface area contributed by atoms with E-state index in [9.17, 15) is 9.59 Å². The van der Waals surface area contributed by atoms with Crippen LogP contribution in [0.4, 0.5) is 9.59 Å². The summed E-state index contributed by atoms with van der Waals surface area (Å²) in [7, 11) is -3.66. The molecular formula is C24H50N2O6Si2. The molecule has 1 saturated carbocycles. The van der Waals surface area contributed by atoms with Gasteiger partial charge in [-0.2, -0.15) is 0 Å². The molecule has 0 aromatic heterocycles. The first kappa shape index (κ1) is 30.9. The number of rotatable bonds is 10. The van der Waals surface area contributed by atoms with Gasteiger partial charge in [0.05, 0.1) is 13.2 Å². The van der Waals surface area contributed by atoms with Crippen LogP contribution in [-0.2, 0) is 18.3 Å². The number of hydrogen-bond acceptors (Lipinski definition) is 6. The van der Waals surface area contributed by atoms with Crippen molar-refractivity contribution in [2.75, 3.05) is 26.4 Å². The molecule has 0 aliphatic heterocycles. The van der Waals surface area contributed by atoms with Crippen LogP contribution in [0.1, 0.15) is 67.2 Å². The number of carbonyl (C=O) groups excluding carboxylic acids is 2. The Hall–Kier alpha value is -1.11. The normalized spacial score (nSPS) is 19.9. The highest BCUT2D eigenvalue weighted by Gasteiger charge is 2.37. The quantitative estimate of drug-likeness (QED) is 0.281. The standard InChI is InChI=1S/C24H50N2O6Si2/c1-23(2,3)33(7,8)31-17-15-29-21(27)25-19-11-13-20(14-12-19)26-22(28)30-16-18-32-34(9,10)24(4,5)6/h19-20H,11-18H2,1-10H3,(H,25,27)(H,26,28). The number of nitrogens with one attached hydrogen (secondary N) is 2. The van der Waals surface area contributed by atoms with Gasteiger partial charge in [-0.05, 0) is 61.9 Å². The first-order valence-electron chi connectivity index (χ1n) is 12.6. The van der Waals surface area contributed by atoms with Crippen molar-refractivity contribution in [3.8, 4) is 0 Å². The van der Waals surface area contributed by atoms with Crippen LogP contribution in [0.15, 0.2) is 0 Å². The van der Waals surface area contributed by atoms with Crippen LogP contribution in [0, 0.1) is 0 Å². The molecule has 0 atom stereocenters. The summed E-state index contributed by atoms with van der Waals surface area (Å²) >= 11 is 0. The second-order valence-corrected chi connectivity index (χ2v) is 21.9. The van der Waals surface area contributed by atoms with E-state index in [1.54, 1.807) is 0 Å². The second-order valence-electron chi connectivity index (χ2n) is 12.3. The molecule has 10 heteroatoms. The Kier molecular flexibility index (Phi) is 11.6. The van der Waals surface area contributed by atoms with E-state index in [0.717, 1.165) is 25.7 Å². The van der Waals surface area contributed by atoms with Gasteiger partial charge in [-0.15, -0.1) is 0 Å². The monoisotopic (exact) mass is 518 g/mol. The first-order chi connectivity index (χ1) is 15.4. The molecule has 0 spiro atoms. The molecule has 200 valence electrons. The third-order valence-corrected chi connectivity index (χ3v) is 16.6. The molecule has 0 bridgehead atoms. The summed E-state index contributed by atoms with van der Waals surface area (Å²) in [4.78, 5) is 24.2.